The van der Waals surface area contributed by atoms with E-state index in [1.165, 1.54) is 36.4 Å². The molecule has 0 aliphatic carbocycles. The highest BCUT2D eigenvalue weighted by Gasteiger charge is 2.34. The molecule has 0 radical (unpaired) electrons. The van der Waals surface area contributed by atoms with Gasteiger partial charge in [-0.3, -0.25) is 0 Å². The van der Waals surface area contributed by atoms with E-state index in [1.54, 1.807) is 0 Å². The first-order valence-corrected chi connectivity index (χ1v) is 12.7. The Morgan fingerprint density at radius 3 is 1.21 bits per heavy atom. The minimum Gasteiger partial charge on any atom is -0.491 e. The molecule has 0 spiro atoms. The van der Waals surface area contributed by atoms with Gasteiger partial charge < -0.3 is 32.5 Å². The Labute approximate surface area is 238 Å². The summed E-state index contributed by atoms with van der Waals surface area (Å²) in [6, 6.07) is 8.21. The van der Waals surface area contributed by atoms with E-state index in [2.05, 4.69) is 0 Å². The molecule has 0 saturated carbocycles. The van der Waals surface area contributed by atoms with Crippen molar-refractivity contribution in [2.24, 2.45) is 0 Å². The molecular formula is C28H24F6O9. The van der Waals surface area contributed by atoms with Crippen molar-refractivity contribution in [1.29, 1.82) is 0 Å². The first-order chi connectivity index (χ1) is 20.4. The average molecular weight is 618 g/mol. The molecule has 0 bridgehead atoms. The third kappa shape index (κ3) is 8.95. The first kappa shape index (κ1) is 31.8. The lowest BCUT2D eigenvalue weighted by molar-refractivity contribution is -0.137. The van der Waals surface area contributed by atoms with Crippen LogP contribution in [0.2, 0.25) is 0 Å². The van der Waals surface area contributed by atoms with Crippen LogP contribution in [0.3, 0.4) is 0 Å². The van der Waals surface area contributed by atoms with Crippen LogP contribution in [0.4, 0.5) is 26.3 Å². The molecule has 2 aromatic carbocycles. The SMILES string of the molecule is O=c1cc(C(F)(F)F)c2ccc(OCCOCCOCCOCCOc3ccc4c(C(F)(F)F)cc(=O)oc4c3)cc2o1. The standard InChI is InChI=1S/C28H24F6O9/c29-27(30,31)21-15-25(35)42-23-13-17(1-3-19(21)23)40-11-9-38-7-5-37-6-8-39-10-12-41-18-2-4-20-22(28(32,33)34)16-26(36)43-24(20)14-18/h1-4,13-16H,5-12H2. The fourth-order valence-corrected chi connectivity index (χ4v) is 3.91. The summed E-state index contributed by atoms with van der Waals surface area (Å²) in [5, 5.41) is -0.507. The minimum atomic E-state index is -4.70. The van der Waals surface area contributed by atoms with E-state index in [9.17, 15) is 35.9 Å². The molecule has 4 rings (SSSR count). The van der Waals surface area contributed by atoms with E-state index < -0.39 is 34.7 Å². The Morgan fingerprint density at radius 1 is 0.512 bits per heavy atom. The first-order valence-electron chi connectivity index (χ1n) is 12.7. The summed E-state index contributed by atoms with van der Waals surface area (Å²) >= 11 is 0. The fourth-order valence-electron chi connectivity index (χ4n) is 3.91. The molecule has 0 atom stereocenters. The van der Waals surface area contributed by atoms with Crippen molar-refractivity contribution < 1.29 is 58.9 Å². The molecule has 0 amide bonds. The Morgan fingerprint density at radius 2 is 0.860 bits per heavy atom. The van der Waals surface area contributed by atoms with Crippen LogP contribution in [-0.2, 0) is 26.6 Å². The Hall–Kier alpha value is -4.08. The van der Waals surface area contributed by atoms with Crippen molar-refractivity contribution in [2.75, 3.05) is 52.9 Å². The molecule has 0 aliphatic rings. The molecule has 4 aromatic rings. The van der Waals surface area contributed by atoms with E-state index >= 15 is 0 Å². The highest BCUT2D eigenvalue weighted by Crippen LogP contribution is 2.36. The van der Waals surface area contributed by atoms with Crippen LogP contribution < -0.4 is 20.7 Å². The Balaban J connectivity index is 1.06. The van der Waals surface area contributed by atoms with Crippen LogP contribution in [0.25, 0.3) is 21.9 Å². The lowest BCUT2D eigenvalue weighted by Gasteiger charge is -2.11. The number of hydrogen-bond acceptors (Lipinski definition) is 9. The average Bonchev–Trinajstić information content (AvgIpc) is 2.93. The van der Waals surface area contributed by atoms with Crippen LogP contribution in [-0.4, -0.2) is 52.9 Å². The number of hydrogen-bond donors (Lipinski definition) is 0. The van der Waals surface area contributed by atoms with Crippen molar-refractivity contribution in [3.63, 3.8) is 0 Å². The topological polar surface area (TPSA) is 107 Å². The van der Waals surface area contributed by atoms with Crippen LogP contribution in [0.15, 0.2) is 67.0 Å². The number of rotatable bonds is 14. The quantitative estimate of drug-likeness (QED) is 0.104. The van der Waals surface area contributed by atoms with Gasteiger partial charge in [0.15, 0.2) is 0 Å². The van der Waals surface area contributed by atoms with Crippen LogP contribution in [0, 0.1) is 0 Å². The molecule has 15 heteroatoms. The van der Waals surface area contributed by atoms with Gasteiger partial charge in [-0.2, -0.15) is 26.3 Å². The third-order valence-corrected chi connectivity index (χ3v) is 5.78. The van der Waals surface area contributed by atoms with Crippen molar-refractivity contribution in [3.05, 3.63) is 80.5 Å². The molecule has 2 aromatic heterocycles. The van der Waals surface area contributed by atoms with Gasteiger partial charge in [0, 0.05) is 35.0 Å². The van der Waals surface area contributed by atoms with Gasteiger partial charge in [-0.25, -0.2) is 9.59 Å². The molecule has 0 unspecified atom stereocenters. The van der Waals surface area contributed by atoms with Gasteiger partial charge >= 0.3 is 23.6 Å². The third-order valence-electron chi connectivity index (χ3n) is 5.78. The molecular weight excluding hydrogens is 594 g/mol. The second-order valence-corrected chi connectivity index (χ2v) is 8.80. The normalized spacial score (nSPS) is 12.2. The maximum absolute atomic E-state index is 13.1. The highest BCUT2D eigenvalue weighted by atomic mass is 19.4. The summed E-state index contributed by atoms with van der Waals surface area (Å²) in [4.78, 5) is 23.0. The minimum absolute atomic E-state index is 0.0880. The summed E-state index contributed by atoms with van der Waals surface area (Å²) < 4.78 is 115. The zero-order valence-corrected chi connectivity index (χ0v) is 22.2. The molecule has 0 N–H and O–H groups in total. The summed E-state index contributed by atoms with van der Waals surface area (Å²) in [5.41, 5.74) is -4.89. The van der Waals surface area contributed by atoms with Crippen molar-refractivity contribution in [1.82, 2.24) is 0 Å². The number of benzene rings is 2. The van der Waals surface area contributed by atoms with Gasteiger partial charge in [0.1, 0.15) is 35.9 Å². The van der Waals surface area contributed by atoms with Crippen molar-refractivity contribution in [3.8, 4) is 11.5 Å². The van der Waals surface area contributed by atoms with Gasteiger partial charge in [-0.15, -0.1) is 0 Å². The van der Waals surface area contributed by atoms with Gasteiger partial charge in [0.05, 0.1) is 50.8 Å². The summed E-state index contributed by atoms with van der Waals surface area (Å²) in [7, 11) is 0. The van der Waals surface area contributed by atoms with E-state index in [0.717, 1.165) is 0 Å². The largest absolute Gasteiger partial charge is 0.491 e. The Kier molecular flexibility index (Phi) is 10.3. The van der Waals surface area contributed by atoms with Gasteiger partial charge in [0.2, 0.25) is 0 Å². The summed E-state index contributed by atoms with van der Waals surface area (Å²) in [6.45, 7) is 1.49. The maximum Gasteiger partial charge on any atom is 0.417 e. The van der Waals surface area contributed by atoms with Crippen molar-refractivity contribution in [2.45, 2.75) is 12.4 Å². The van der Waals surface area contributed by atoms with Crippen LogP contribution in [0.1, 0.15) is 11.1 Å². The Bertz CT molecular complexity index is 1520. The predicted octanol–water partition coefficient (Wildman–Crippen LogP) is 5.44. The smallest absolute Gasteiger partial charge is 0.417 e. The van der Waals surface area contributed by atoms with Crippen LogP contribution in [0.5, 0.6) is 11.5 Å². The van der Waals surface area contributed by atoms with E-state index in [1.807, 2.05) is 0 Å². The molecule has 0 fully saturated rings. The maximum atomic E-state index is 13.1. The van der Waals surface area contributed by atoms with Gasteiger partial charge in [0.25, 0.3) is 0 Å². The summed E-state index contributed by atoms with van der Waals surface area (Å²) in [6.07, 6.45) is -9.40. The zero-order valence-electron chi connectivity index (χ0n) is 22.2. The number of ether oxygens (including phenoxy) is 5. The van der Waals surface area contributed by atoms with E-state index in [4.69, 9.17) is 32.5 Å². The lowest BCUT2D eigenvalue weighted by atomic mass is 10.1. The molecule has 43 heavy (non-hydrogen) atoms. The second kappa shape index (κ2) is 13.9. The predicted molar refractivity (Wildman–Crippen MR) is 138 cm³/mol. The summed E-state index contributed by atoms with van der Waals surface area (Å²) in [5.74, 6) is 0.414. The zero-order chi connectivity index (χ0) is 31.0. The highest BCUT2D eigenvalue weighted by molar-refractivity contribution is 5.82. The fraction of sp³-hybridized carbons (Fsp3) is 0.357. The molecule has 2 heterocycles. The monoisotopic (exact) mass is 618 g/mol. The second-order valence-electron chi connectivity index (χ2n) is 8.80. The molecule has 0 aliphatic heterocycles. The number of halogens is 6. The molecule has 232 valence electrons. The lowest BCUT2D eigenvalue weighted by Crippen LogP contribution is -2.14. The number of fused-ring (bicyclic) bond motifs is 2. The number of alkyl halides is 6. The molecule has 0 saturated heterocycles. The van der Waals surface area contributed by atoms with Crippen LogP contribution >= 0.6 is 0 Å². The van der Waals surface area contributed by atoms with Gasteiger partial charge in [-0.1, -0.05) is 0 Å². The van der Waals surface area contributed by atoms with E-state index in [-0.39, 0.29) is 86.3 Å². The molecule has 9 nitrogen and oxygen atoms in total. The van der Waals surface area contributed by atoms with E-state index in [0.29, 0.717) is 12.1 Å². The van der Waals surface area contributed by atoms with Gasteiger partial charge in [-0.05, 0) is 24.3 Å². The van der Waals surface area contributed by atoms with Crippen molar-refractivity contribution >= 4 is 21.9 Å².